The fourth-order valence-corrected chi connectivity index (χ4v) is 2.13. The second kappa shape index (κ2) is 4.37. The summed E-state index contributed by atoms with van der Waals surface area (Å²) in [5.41, 5.74) is -0.599. The van der Waals surface area contributed by atoms with Crippen LogP contribution in [0.25, 0.3) is 0 Å². The zero-order valence-corrected chi connectivity index (χ0v) is 8.84. The molecule has 13 heavy (non-hydrogen) atoms. The fourth-order valence-electron chi connectivity index (χ4n) is 0.825. The van der Waals surface area contributed by atoms with Crippen LogP contribution in [0.4, 0.5) is 13.2 Å². The van der Waals surface area contributed by atoms with Crippen LogP contribution in [0.2, 0.25) is 0 Å². The van der Waals surface area contributed by atoms with Gasteiger partial charge in [0.15, 0.2) is 0 Å². The molecular formula is C8H6BrF3S. The Kier molecular flexibility index (Phi) is 3.67. The van der Waals surface area contributed by atoms with Crippen molar-refractivity contribution in [2.24, 2.45) is 0 Å². The minimum atomic E-state index is -4.25. The molecule has 0 saturated heterocycles. The first kappa shape index (κ1) is 10.9. The lowest BCUT2D eigenvalue weighted by Gasteiger charge is -2.07. The van der Waals surface area contributed by atoms with Gasteiger partial charge >= 0.3 is 6.18 Å². The Bertz CT molecular complexity index is 285. The summed E-state index contributed by atoms with van der Waals surface area (Å²) < 4.78 is 37.2. The summed E-state index contributed by atoms with van der Waals surface area (Å²) in [7, 11) is 0. The Balaban J connectivity index is 2.92. The molecule has 0 atom stereocenters. The van der Waals surface area contributed by atoms with E-state index in [0.717, 1.165) is 12.1 Å². The normalized spacial score (nSPS) is 11.7. The summed E-state index contributed by atoms with van der Waals surface area (Å²) in [6.45, 7) is 0. The monoisotopic (exact) mass is 270 g/mol. The first-order chi connectivity index (χ1) is 6.04. The van der Waals surface area contributed by atoms with Crippen LogP contribution in [0.3, 0.4) is 0 Å². The quantitative estimate of drug-likeness (QED) is 0.575. The van der Waals surface area contributed by atoms with E-state index in [-0.39, 0.29) is 0 Å². The minimum Gasteiger partial charge on any atom is -0.166 e. The summed E-state index contributed by atoms with van der Waals surface area (Å²) in [4.78, 5) is 0.617. The zero-order chi connectivity index (χ0) is 9.90. The molecule has 72 valence electrons. The van der Waals surface area contributed by atoms with Gasteiger partial charge in [0.1, 0.15) is 0 Å². The van der Waals surface area contributed by atoms with Crippen LogP contribution >= 0.6 is 27.7 Å². The highest BCUT2D eigenvalue weighted by molar-refractivity contribution is 9.11. The lowest BCUT2D eigenvalue weighted by atomic mass is 10.2. The predicted molar refractivity (Wildman–Crippen MR) is 51.1 cm³/mol. The number of thioether (sulfide) groups is 1. The SMILES string of the molecule is FC(F)(F)c1cccc(SCBr)c1. The number of benzene rings is 1. The third-order valence-electron chi connectivity index (χ3n) is 1.38. The van der Waals surface area contributed by atoms with Gasteiger partial charge in [-0.05, 0) is 18.2 Å². The van der Waals surface area contributed by atoms with Crippen molar-refractivity contribution in [3.63, 3.8) is 0 Å². The number of hydrogen-bond acceptors (Lipinski definition) is 1. The summed E-state index contributed by atoms with van der Waals surface area (Å²) in [6, 6.07) is 5.28. The number of rotatable bonds is 2. The van der Waals surface area contributed by atoms with Gasteiger partial charge in [-0.2, -0.15) is 13.2 Å². The molecule has 0 amide bonds. The molecule has 0 radical (unpaired) electrons. The molecule has 0 aromatic heterocycles. The van der Waals surface area contributed by atoms with Crippen molar-refractivity contribution < 1.29 is 13.2 Å². The Morgan fingerprint density at radius 1 is 1.31 bits per heavy atom. The Hall–Kier alpha value is -0.160. The van der Waals surface area contributed by atoms with Gasteiger partial charge in [0.2, 0.25) is 0 Å². The summed E-state index contributed by atoms with van der Waals surface area (Å²) >= 11 is 4.47. The second-order valence-corrected chi connectivity index (χ2v) is 4.63. The molecule has 0 aliphatic heterocycles. The van der Waals surface area contributed by atoms with Crippen LogP contribution in [0.5, 0.6) is 0 Å². The summed E-state index contributed by atoms with van der Waals surface area (Å²) in [6.07, 6.45) is -4.25. The highest BCUT2D eigenvalue weighted by atomic mass is 79.9. The minimum absolute atomic E-state index is 0.592. The Morgan fingerprint density at radius 2 is 2.00 bits per heavy atom. The molecule has 0 aliphatic carbocycles. The molecular weight excluding hydrogens is 265 g/mol. The first-order valence-electron chi connectivity index (χ1n) is 3.40. The Labute approximate surface area is 86.6 Å². The van der Waals surface area contributed by atoms with Gasteiger partial charge in [-0.25, -0.2) is 0 Å². The lowest BCUT2D eigenvalue weighted by molar-refractivity contribution is -0.137. The molecule has 0 nitrogen and oxygen atoms in total. The number of hydrogen-bond donors (Lipinski definition) is 0. The Morgan fingerprint density at radius 3 is 2.54 bits per heavy atom. The van der Waals surface area contributed by atoms with Gasteiger partial charge in [0, 0.05) is 4.90 Å². The van der Waals surface area contributed by atoms with E-state index in [0.29, 0.717) is 9.56 Å². The number of alkyl halides is 4. The molecule has 0 heterocycles. The predicted octanol–water partition coefficient (Wildman–Crippen LogP) is 4.15. The largest absolute Gasteiger partial charge is 0.416 e. The van der Waals surface area contributed by atoms with Crippen LogP contribution in [0.1, 0.15) is 5.56 Å². The van der Waals surface area contributed by atoms with Crippen molar-refractivity contribution >= 4 is 27.7 Å². The highest BCUT2D eigenvalue weighted by Gasteiger charge is 2.30. The van der Waals surface area contributed by atoms with Crippen molar-refractivity contribution in [1.29, 1.82) is 0 Å². The van der Waals surface area contributed by atoms with E-state index in [2.05, 4.69) is 15.9 Å². The van der Waals surface area contributed by atoms with Crippen LogP contribution in [-0.4, -0.2) is 4.66 Å². The molecule has 0 saturated carbocycles. The third-order valence-corrected chi connectivity index (χ3v) is 2.77. The first-order valence-corrected chi connectivity index (χ1v) is 5.51. The maximum Gasteiger partial charge on any atom is 0.416 e. The number of halogens is 4. The van der Waals surface area contributed by atoms with E-state index in [1.165, 1.54) is 17.8 Å². The maximum absolute atomic E-state index is 12.2. The van der Waals surface area contributed by atoms with E-state index in [4.69, 9.17) is 0 Å². The van der Waals surface area contributed by atoms with Gasteiger partial charge in [-0.15, -0.1) is 11.8 Å². The van der Waals surface area contributed by atoms with Gasteiger partial charge in [-0.3, -0.25) is 0 Å². The van der Waals surface area contributed by atoms with E-state index in [1.54, 1.807) is 6.07 Å². The topological polar surface area (TPSA) is 0 Å². The van der Waals surface area contributed by atoms with Crippen molar-refractivity contribution in [2.75, 3.05) is 4.66 Å². The van der Waals surface area contributed by atoms with E-state index in [1.807, 2.05) is 0 Å². The van der Waals surface area contributed by atoms with Gasteiger partial charge in [0.25, 0.3) is 0 Å². The van der Waals surface area contributed by atoms with E-state index >= 15 is 0 Å². The molecule has 0 fully saturated rings. The molecule has 0 aliphatic rings. The van der Waals surface area contributed by atoms with Crippen LogP contribution in [0.15, 0.2) is 29.2 Å². The average Bonchev–Trinajstić information content (AvgIpc) is 2.04. The fraction of sp³-hybridized carbons (Fsp3) is 0.250. The van der Waals surface area contributed by atoms with Crippen LogP contribution < -0.4 is 0 Å². The smallest absolute Gasteiger partial charge is 0.166 e. The second-order valence-electron chi connectivity index (χ2n) is 2.28. The van der Waals surface area contributed by atoms with Gasteiger partial charge in [-0.1, -0.05) is 22.0 Å². The standard InChI is InChI=1S/C8H6BrF3S/c9-5-13-7-3-1-2-6(4-7)8(10,11)12/h1-4H,5H2. The highest BCUT2D eigenvalue weighted by Crippen LogP contribution is 2.32. The summed E-state index contributed by atoms with van der Waals surface area (Å²) in [5.74, 6) is 0. The van der Waals surface area contributed by atoms with E-state index in [9.17, 15) is 13.2 Å². The average molecular weight is 271 g/mol. The molecule has 1 aromatic rings. The van der Waals surface area contributed by atoms with Gasteiger partial charge in [0.05, 0.1) is 10.2 Å². The zero-order valence-electron chi connectivity index (χ0n) is 6.44. The molecule has 1 aromatic carbocycles. The van der Waals surface area contributed by atoms with E-state index < -0.39 is 11.7 Å². The summed E-state index contributed by atoms with van der Waals surface area (Å²) in [5, 5.41) is 0. The van der Waals surface area contributed by atoms with Crippen LogP contribution in [0, 0.1) is 0 Å². The maximum atomic E-state index is 12.2. The molecule has 0 unspecified atom stereocenters. The molecule has 0 bridgehead atoms. The lowest BCUT2D eigenvalue weighted by Crippen LogP contribution is -2.04. The molecule has 0 N–H and O–H groups in total. The van der Waals surface area contributed by atoms with Crippen molar-refractivity contribution in [2.45, 2.75) is 11.1 Å². The van der Waals surface area contributed by atoms with Crippen LogP contribution in [-0.2, 0) is 6.18 Å². The molecule has 1 rings (SSSR count). The third kappa shape index (κ3) is 3.23. The van der Waals surface area contributed by atoms with Gasteiger partial charge < -0.3 is 0 Å². The van der Waals surface area contributed by atoms with Crippen molar-refractivity contribution in [3.8, 4) is 0 Å². The molecule has 0 spiro atoms. The van der Waals surface area contributed by atoms with Crippen molar-refractivity contribution in [3.05, 3.63) is 29.8 Å². The molecule has 5 heteroatoms. The van der Waals surface area contributed by atoms with Crippen molar-refractivity contribution in [1.82, 2.24) is 0 Å².